The molecule has 1 heterocycles. The third kappa shape index (κ3) is 3.89. The van der Waals surface area contributed by atoms with Crippen LogP contribution in [-0.2, 0) is 4.79 Å². The first kappa shape index (κ1) is 17.8. The average molecular weight is 298 g/mol. The zero-order chi connectivity index (χ0) is 16.2. The van der Waals surface area contributed by atoms with Crippen molar-refractivity contribution in [3.8, 4) is 0 Å². The summed E-state index contributed by atoms with van der Waals surface area (Å²) in [5.74, 6) is -0.766. The predicted octanol–water partition coefficient (Wildman–Crippen LogP) is 3.05. The fourth-order valence-corrected chi connectivity index (χ4v) is 3.13. The van der Waals surface area contributed by atoms with Crippen LogP contribution in [0.3, 0.4) is 0 Å². The molecule has 0 saturated carbocycles. The molecule has 1 fully saturated rings. The van der Waals surface area contributed by atoms with Crippen molar-refractivity contribution in [2.24, 2.45) is 11.3 Å². The van der Waals surface area contributed by atoms with Crippen molar-refractivity contribution in [1.29, 1.82) is 0 Å². The number of carbonyl (C=O) groups is 2. The van der Waals surface area contributed by atoms with E-state index in [-0.39, 0.29) is 18.0 Å². The minimum absolute atomic E-state index is 0.0165. The molecule has 0 aliphatic carbocycles. The molecule has 0 aromatic heterocycles. The molecule has 0 bridgehead atoms. The van der Waals surface area contributed by atoms with Crippen LogP contribution in [0.1, 0.15) is 53.4 Å². The van der Waals surface area contributed by atoms with Crippen LogP contribution < -0.4 is 0 Å². The number of rotatable bonds is 5. The molecule has 122 valence electrons. The number of likely N-dealkylation sites (tertiary alicyclic amines) is 1. The Morgan fingerprint density at radius 3 is 2.38 bits per heavy atom. The maximum Gasteiger partial charge on any atom is 0.319 e. The second-order valence-electron chi connectivity index (χ2n) is 6.68. The zero-order valence-electron chi connectivity index (χ0n) is 14.1. The summed E-state index contributed by atoms with van der Waals surface area (Å²) < 4.78 is 0. The van der Waals surface area contributed by atoms with Crippen LogP contribution in [0.2, 0.25) is 0 Å². The van der Waals surface area contributed by atoms with Crippen molar-refractivity contribution < 1.29 is 14.7 Å². The fraction of sp³-hybridized carbons (Fsp3) is 0.875. The van der Waals surface area contributed by atoms with E-state index in [1.165, 1.54) is 0 Å². The highest BCUT2D eigenvalue weighted by Gasteiger charge is 2.40. The molecule has 0 aromatic rings. The Balaban J connectivity index is 2.76. The van der Waals surface area contributed by atoms with Crippen molar-refractivity contribution in [1.82, 2.24) is 9.80 Å². The number of aliphatic carboxylic acids is 1. The Hall–Kier alpha value is -1.26. The molecule has 5 nitrogen and oxygen atoms in total. The summed E-state index contributed by atoms with van der Waals surface area (Å²) in [7, 11) is 1.85. The second kappa shape index (κ2) is 7.14. The molecular weight excluding hydrogens is 268 g/mol. The van der Waals surface area contributed by atoms with Gasteiger partial charge in [-0.1, -0.05) is 13.8 Å². The van der Waals surface area contributed by atoms with E-state index in [4.69, 9.17) is 0 Å². The monoisotopic (exact) mass is 298 g/mol. The van der Waals surface area contributed by atoms with Crippen molar-refractivity contribution in [3.63, 3.8) is 0 Å². The number of hydrogen-bond acceptors (Lipinski definition) is 2. The normalized spacial score (nSPS) is 19.7. The number of amides is 2. The first-order chi connectivity index (χ1) is 9.75. The fourth-order valence-electron chi connectivity index (χ4n) is 3.13. The lowest BCUT2D eigenvalue weighted by molar-refractivity contribution is -0.151. The molecule has 1 aliphatic heterocycles. The maximum absolute atomic E-state index is 12.6. The highest BCUT2D eigenvalue weighted by atomic mass is 16.4. The molecular formula is C16H30N2O3. The van der Waals surface area contributed by atoms with Gasteiger partial charge in [0, 0.05) is 26.2 Å². The summed E-state index contributed by atoms with van der Waals surface area (Å²) in [6.07, 6.45) is 3.63. The molecule has 2 amide bonds. The van der Waals surface area contributed by atoms with Gasteiger partial charge in [0.25, 0.3) is 0 Å². The van der Waals surface area contributed by atoms with Crippen LogP contribution in [0.25, 0.3) is 0 Å². The van der Waals surface area contributed by atoms with E-state index in [2.05, 4.69) is 13.8 Å². The highest BCUT2D eigenvalue weighted by Crippen LogP contribution is 2.34. The lowest BCUT2D eigenvalue weighted by Crippen LogP contribution is -2.52. The molecule has 5 heteroatoms. The van der Waals surface area contributed by atoms with Crippen LogP contribution in [0.15, 0.2) is 0 Å². The molecule has 0 spiro atoms. The van der Waals surface area contributed by atoms with Gasteiger partial charge in [0.15, 0.2) is 0 Å². The van der Waals surface area contributed by atoms with E-state index in [1.54, 1.807) is 13.8 Å². The average Bonchev–Trinajstić information content (AvgIpc) is 2.47. The van der Waals surface area contributed by atoms with E-state index in [1.807, 2.05) is 16.8 Å². The summed E-state index contributed by atoms with van der Waals surface area (Å²) in [5, 5.41) is 9.38. The summed E-state index contributed by atoms with van der Waals surface area (Å²) in [5.41, 5.74) is -0.785. The van der Waals surface area contributed by atoms with E-state index >= 15 is 0 Å². The van der Waals surface area contributed by atoms with Crippen molar-refractivity contribution in [2.75, 3.05) is 20.1 Å². The number of urea groups is 1. The quantitative estimate of drug-likeness (QED) is 0.848. The topological polar surface area (TPSA) is 60.9 Å². The molecule has 1 aliphatic rings. The van der Waals surface area contributed by atoms with E-state index in [0.717, 1.165) is 32.2 Å². The Kier molecular flexibility index (Phi) is 6.05. The van der Waals surface area contributed by atoms with E-state index in [0.29, 0.717) is 6.54 Å². The van der Waals surface area contributed by atoms with Gasteiger partial charge in [-0.3, -0.25) is 4.79 Å². The Morgan fingerprint density at radius 2 is 1.90 bits per heavy atom. The van der Waals surface area contributed by atoms with Gasteiger partial charge in [0.2, 0.25) is 0 Å². The van der Waals surface area contributed by atoms with Crippen molar-refractivity contribution in [2.45, 2.75) is 59.4 Å². The summed E-state index contributed by atoms with van der Waals surface area (Å²) in [6, 6.07) is 0.292. The highest BCUT2D eigenvalue weighted by molar-refractivity contribution is 5.76. The lowest BCUT2D eigenvalue weighted by Gasteiger charge is -2.41. The van der Waals surface area contributed by atoms with Crippen LogP contribution in [0, 0.1) is 11.3 Å². The van der Waals surface area contributed by atoms with Gasteiger partial charge in [-0.25, -0.2) is 4.79 Å². The van der Waals surface area contributed by atoms with Crippen LogP contribution in [0.4, 0.5) is 4.79 Å². The van der Waals surface area contributed by atoms with Gasteiger partial charge in [-0.15, -0.1) is 0 Å². The molecule has 1 atom stereocenters. The first-order valence-corrected chi connectivity index (χ1v) is 8.00. The number of nitrogens with zero attached hydrogens (tertiary/aromatic N) is 2. The largest absolute Gasteiger partial charge is 0.481 e. The van der Waals surface area contributed by atoms with Crippen LogP contribution >= 0.6 is 0 Å². The Morgan fingerprint density at radius 1 is 1.33 bits per heavy atom. The van der Waals surface area contributed by atoms with Gasteiger partial charge in [0.1, 0.15) is 0 Å². The van der Waals surface area contributed by atoms with E-state index < -0.39 is 11.4 Å². The Labute approximate surface area is 128 Å². The number of piperidine rings is 1. The van der Waals surface area contributed by atoms with Crippen molar-refractivity contribution in [3.05, 3.63) is 0 Å². The molecule has 0 radical (unpaired) electrons. The minimum Gasteiger partial charge on any atom is -0.481 e. The lowest BCUT2D eigenvalue weighted by atomic mass is 9.74. The molecule has 1 rings (SSSR count). The first-order valence-electron chi connectivity index (χ1n) is 8.00. The zero-order valence-corrected chi connectivity index (χ0v) is 14.1. The minimum atomic E-state index is -0.785. The van der Waals surface area contributed by atoms with Gasteiger partial charge in [-0.2, -0.15) is 0 Å². The molecule has 1 saturated heterocycles. The number of hydrogen-bond donors (Lipinski definition) is 1. The summed E-state index contributed by atoms with van der Waals surface area (Å²) in [6.45, 7) is 8.98. The smallest absolute Gasteiger partial charge is 0.319 e. The number of carboxylic acid groups (broad SMARTS) is 1. The maximum atomic E-state index is 12.6. The second-order valence-corrected chi connectivity index (χ2v) is 6.68. The van der Waals surface area contributed by atoms with Crippen LogP contribution in [0.5, 0.6) is 0 Å². The molecule has 1 N–H and O–H groups in total. The van der Waals surface area contributed by atoms with E-state index in [9.17, 15) is 14.7 Å². The Bertz CT molecular complexity index is 378. The molecule has 1 unspecified atom stereocenters. The third-order valence-electron chi connectivity index (χ3n) is 5.06. The number of carbonyl (C=O) groups excluding carboxylic acids is 1. The predicted molar refractivity (Wildman–Crippen MR) is 83.2 cm³/mol. The van der Waals surface area contributed by atoms with Gasteiger partial charge in [-0.05, 0) is 45.4 Å². The third-order valence-corrected chi connectivity index (χ3v) is 5.06. The van der Waals surface area contributed by atoms with Gasteiger partial charge >= 0.3 is 12.0 Å². The summed E-state index contributed by atoms with van der Waals surface area (Å²) >= 11 is 0. The molecule has 21 heavy (non-hydrogen) atoms. The SMILES string of the molecule is CCC(CC)N(C)C(=O)N1CCCC(C(C)(C)C(=O)O)C1. The number of carboxylic acids is 1. The van der Waals surface area contributed by atoms with Crippen molar-refractivity contribution >= 4 is 12.0 Å². The van der Waals surface area contributed by atoms with Crippen LogP contribution in [-0.4, -0.2) is 53.1 Å². The van der Waals surface area contributed by atoms with Gasteiger partial charge < -0.3 is 14.9 Å². The van der Waals surface area contributed by atoms with Gasteiger partial charge in [0.05, 0.1) is 5.41 Å². The molecule has 0 aromatic carbocycles. The standard InChI is InChI=1S/C16H30N2O3/c1-6-13(7-2)17(5)15(21)18-10-8-9-12(11-18)16(3,4)14(19)20/h12-13H,6-11H2,1-5H3,(H,19,20). The summed E-state index contributed by atoms with van der Waals surface area (Å²) in [4.78, 5) is 27.7.